The topological polar surface area (TPSA) is 69.7 Å². The van der Waals surface area contributed by atoms with Crippen molar-refractivity contribution < 1.29 is 18.8 Å². The van der Waals surface area contributed by atoms with E-state index in [4.69, 9.17) is 11.6 Å². The molecular formula is C24H21ClFN3O3. The van der Waals surface area contributed by atoms with E-state index in [1.807, 2.05) is 26.0 Å². The Morgan fingerprint density at radius 3 is 2.66 bits per heavy atom. The zero-order valence-electron chi connectivity index (χ0n) is 17.6. The van der Waals surface area contributed by atoms with Crippen molar-refractivity contribution in [1.82, 2.24) is 4.90 Å². The van der Waals surface area contributed by atoms with Gasteiger partial charge in [0.15, 0.2) is 0 Å². The van der Waals surface area contributed by atoms with Crippen LogP contribution in [0.15, 0.2) is 30.3 Å². The van der Waals surface area contributed by atoms with Crippen LogP contribution in [0.3, 0.4) is 0 Å². The molecule has 0 radical (unpaired) electrons. The van der Waals surface area contributed by atoms with Crippen LogP contribution in [0.25, 0.3) is 0 Å². The molecule has 164 valence electrons. The average molecular weight is 454 g/mol. The minimum Gasteiger partial charge on any atom is -0.324 e. The highest BCUT2D eigenvalue weighted by atomic mass is 35.5. The number of hydrogen-bond donors (Lipinski definition) is 1. The molecule has 0 unspecified atom stereocenters. The van der Waals surface area contributed by atoms with Gasteiger partial charge >= 0.3 is 0 Å². The summed E-state index contributed by atoms with van der Waals surface area (Å²) in [6.07, 6.45) is 1.60. The van der Waals surface area contributed by atoms with Gasteiger partial charge in [0.2, 0.25) is 17.7 Å². The second kappa shape index (κ2) is 6.39. The first-order chi connectivity index (χ1) is 15.3. The summed E-state index contributed by atoms with van der Waals surface area (Å²) in [4.78, 5) is 44.4. The number of carbonyl (C=O) groups is 3. The van der Waals surface area contributed by atoms with Gasteiger partial charge in [-0.1, -0.05) is 23.7 Å². The number of carbonyl (C=O) groups excluding carboxylic acids is 3. The van der Waals surface area contributed by atoms with Gasteiger partial charge in [0.05, 0.1) is 22.5 Å². The van der Waals surface area contributed by atoms with Gasteiger partial charge in [-0.15, -0.1) is 0 Å². The van der Waals surface area contributed by atoms with E-state index < -0.39 is 29.1 Å². The normalized spacial score (nSPS) is 30.8. The van der Waals surface area contributed by atoms with Gasteiger partial charge in [0.25, 0.3) is 0 Å². The lowest BCUT2D eigenvalue weighted by molar-refractivity contribution is -0.135. The van der Waals surface area contributed by atoms with Gasteiger partial charge in [-0.3, -0.25) is 19.3 Å². The highest BCUT2D eigenvalue weighted by Crippen LogP contribution is 2.61. The van der Waals surface area contributed by atoms with Crippen molar-refractivity contribution >= 4 is 40.7 Å². The van der Waals surface area contributed by atoms with E-state index in [9.17, 15) is 18.8 Å². The Balaban J connectivity index is 1.56. The third-order valence-electron chi connectivity index (χ3n) is 7.86. The third-order valence-corrected chi connectivity index (χ3v) is 8.15. The van der Waals surface area contributed by atoms with Crippen molar-refractivity contribution in [3.63, 3.8) is 0 Å². The molecule has 2 aromatic rings. The van der Waals surface area contributed by atoms with Gasteiger partial charge in [-0.25, -0.2) is 9.29 Å². The van der Waals surface area contributed by atoms with Crippen LogP contribution in [0.2, 0.25) is 5.02 Å². The maximum atomic E-state index is 13.9. The van der Waals surface area contributed by atoms with Gasteiger partial charge in [-0.2, -0.15) is 0 Å². The number of hydrogen-bond acceptors (Lipinski definition) is 4. The molecule has 6 rings (SSSR count). The molecule has 3 fully saturated rings. The lowest BCUT2D eigenvalue weighted by Crippen LogP contribution is -2.54. The second-order valence-corrected chi connectivity index (χ2v) is 9.57. The quantitative estimate of drug-likeness (QED) is 0.671. The number of nitrogens with zero attached hydrogens (tertiary/aromatic N) is 2. The highest BCUT2D eigenvalue weighted by molar-refractivity contribution is 6.32. The van der Waals surface area contributed by atoms with E-state index in [0.717, 1.165) is 46.2 Å². The fourth-order valence-corrected chi connectivity index (χ4v) is 6.57. The molecule has 3 saturated heterocycles. The first-order valence-electron chi connectivity index (χ1n) is 10.8. The van der Waals surface area contributed by atoms with E-state index in [1.54, 1.807) is 0 Å². The highest BCUT2D eigenvalue weighted by Gasteiger charge is 2.74. The first-order valence-corrected chi connectivity index (χ1v) is 11.2. The summed E-state index contributed by atoms with van der Waals surface area (Å²) in [5.74, 6) is -3.12. The Hall–Kier alpha value is -2.77. The van der Waals surface area contributed by atoms with Gasteiger partial charge in [0.1, 0.15) is 11.4 Å². The van der Waals surface area contributed by atoms with Crippen LogP contribution in [0.5, 0.6) is 0 Å². The molecule has 3 amide bonds. The van der Waals surface area contributed by atoms with Crippen molar-refractivity contribution in [2.45, 2.75) is 38.3 Å². The Kier molecular flexibility index (Phi) is 3.97. The fourth-order valence-electron chi connectivity index (χ4n) is 6.40. The zero-order valence-corrected chi connectivity index (χ0v) is 18.4. The number of imide groups is 1. The van der Waals surface area contributed by atoms with Crippen LogP contribution in [0, 0.1) is 31.5 Å². The number of anilines is 2. The zero-order chi connectivity index (χ0) is 22.5. The monoisotopic (exact) mass is 453 g/mol. The van der Waals surface area contributed by atoms with Crippen molar-refractivity contribution in [2.75, 3.05) is 16.8 Å². The van der Waals surface area contributed by atoms with Crippen molar-refractivity contribution in [2.24, 2.45) is 11.8 Å². The van der Waals surface area contributed by atoms with Crippen LogP contribution < -0.4 is 10.2 Å². The minimum absolute atomic E-state index is 0.160. The van der Waals surface area contributed by atoms with Gasteiger partial charge in [0, 0.05) is 17.3 Å². The molecule has 4 aliphatic rings. The van der Waals surface area contributed by atoms with E-state index in [1.165, 1.54) is 12.1 Å². The number of fused-ring (bicyclic) bond motifs is 7. The van der Waals surface area contributed by atoms with Crippen LogP contribution >= 0.6 is 11.6 Å². The first kappa shape index (κ1) is 19.9. The van der Waals surface area contributed by atoms with E-state index >= 15 is 0 Å². The van der Waals surface area contributed by atoms with Crippen LogP contribution in [-0.4, -0.2) is 35.2 Å². The maximum absolute atomic E-state index is 13.9. The van der Waals surface area contributed by atoms with E-state index in [2.05, 4.69) is 10.2 Å². The lowest BCUT2D eigenvalue weighted by Gasteiger charge is -2.36. The summed E-state index contributed by atoms with van der Waals surface area (Å²) in [7, 11) is 0. The van der Waals surface area contributed by atoms with Crippen molar-refractivity contribution in [3.8, 4) is 0 Å². The summed E-state index contributed by atoms with van der Waals surface area (Å²) in [6.45, 7) is 4.59. The molecule has 2 aromatic carbocycles. The molecule has 8 heteroatoms. The fraction of sp³-hybridized carbons (Fsp3) is 0.375. The smallest absolute Gasteiger partial charge is 0.250 e. The van der Waals surface area contributed by atoms with Crippen LogP contribution in [-0.2, 0) is 19.9 Å². The predicted octanol–water partition coefficient (Wildman–Crippen LogP) is 3.53. The summed E-state index contributed by atoms with van der Waals surface area (Å²) >= 11 is 5.94. The molecule has 32 heavy (non-hydrogen) atoms. The molecule has 4 heterocycles. The molecule has 0 aliphatic carbocycles. The number of rotatable bonds is 1. The molecule has 4 aliphatic heterocycles. The second-order valence-electron chi connectivity index (χ2n) is 9.17. The Morgan fingerprint density at radius 2 is 1.91 bits per heavy atom. The molecular weight excluding hydrogens is 433 g/mol. The summed E-state index contributed by atoms with van der Waals surface area (Å²) in [5.41, 5.74) is 2.54. The molecule has 1 N–H and O–H groups in total. The van der Waals surface area contributed by atoms with Crippen molar-refractivity contribution in [1.29, 1.82) is 0 Å². The van der Waals surface area contributed by atoms with Crippen LogP contribution in [0.1, 0.15) is 29.5 Å². The van der Waals surface area contributed by atoms with Crippen molar-refractivity contribution in [3.05, 3.63) is 57.9 Å². The molecule has 0 saturated carbocycles. The maximum Gasteiger partial charge on any atom is 0.250 e. The summed E-state index contributed by atoms with van der Waals surface area (Å²) in [5, 5.41) is 2.88. The Bertz CT molecular complexity index is 1250. The van der Waals surface area contributed by atoms with E-state index in [-0.39, 0.29) is 28.6 Å². The molecule has 0 bridgehead atoms. The SMILES string of the molecule is Cc1ccc2c(c1C)NC(=O)[C@@]21[C@@H]2C(=O)N(c3ccc(F)c(Cl)c3)C(=O)[C@@H]2[C@@H]2CCCN21. The number of amides is 3. The number of nitrogens with one attached hydrogen (secondary N) is 1. The molecule has 4 atom stereocenters. The molecule has 6 nitrogen and oxygen atoms in total. The number of benzene rings is 2. The minimum atomic E-state index is -1.22. The Labute approximate surface area is 189 Å². The lowest BCUT2D eigenvalue weighted by atomic mass is 9.75. The largest absolute Gasteiger partial charge is 0.324 e. The summed E-state index contributed by atoms with van der Waals surface area (Å²) in [6, 6.07) is 7.51. The van der Waals surface area contributed by atoms with Gasteiger partial charge < -0.3 is 5.32 Å². The third kappa shape index (κ3) is 2.16. The van der Waals surface area contributed by atoms with Gasteiger partial charge in [-0.05, 0) is 62.6 Å². The van der Waals surface area contributed by atoms with Crippen LogP contribution in [0.4, 0.5) is 15.8 Å². The predicted molar refractivity (Wildman–Crippen MR) is 117 cm³/mol. The standard InChI is InChI=1S/C24H21ClFN3O3/c1-11-5-7-14-20(12(11)2)27-23(32)24(14)19-18(17-4-3-9-28(17)24)21(30)29(22(19)31)13-6-8-16(26)15(25)10-13/h5-8,10,17-19H,3-4,9H2,1-2H3,(H,27,32)/t17-,18+,19-,24-/m0/s1. The number of aryl methyl sites for hydroxylation is 1. The summed E-state index contributed by atoms with van der Waals surface area (Å²) < 4.78 is 13.7. The molecule has 0 aromatic heterocycles. The average Bonchev–Trinajstić information content (AvgIpc) is 3.46. The Morgan fingerprint density at radius 1 is 1.12 bits per heavy atom. The van der Waals surface area contributed by atoms with E-state index in [0.29, 0.717) is 6.54 Å². The number of halogens is 2. The molecule has 1 spiro atoms.